The number of esters is 3. The summed E-state index contributed by atoms with van der Waals surface area (Å²) in [6, 6.07) is 0. The van der Waals surface area contributed by atoms with Crippen LogP contribution in [0.15, 0.2) is 0 Å². The van der Waals surface area contributed by atoms with Gasteiger partial charge >= 0.3 is 17.9 Å². The summed E-state index contributed by atoms with van der Waals surface area (Å²) in [7, 11) is 0. The van der Waals surface area contributed by atoms with Gasteiger partial charge in [-0.15, -0.1) is 0 Å². The molecule has 6 bridgehead atoms. The molecule has 2 saturated heterocycles. The molecule has 8 nitrogen and oxygen atoms in total. The zero-order chi connectivity index (χ0) is 24.8. The van der Waals surface area contributed by atoms with E-state index in [1.807, 2.05) is 4.90 Å². The van der Waals surface area contributed by atoms with Gasteiger partial charge in [0.2, 0.25) is 0 Å². The van der Waals surface area contributed by atoms with E-state index in [4.69, 9.17) is 18.9 Å². The molecule has 6 saturated carbocycles. The zero-order valence-corrected chi connectivity index (χ0v) is 21.5. The Labute approximate surface area is 212 Å². The Kier molecular flexibility index (Phi) is 5.32. The normalized spacial score (nSPS) is 46.7. The van der Waals surface area contributed by atoms with Crippen LogP contribution in [0.3, 0.4) is 0 Å². The predicted molar refractivity (Wildman–Crippen MR) is 126 cm³/mol. The molecular weight excluding hydrogens is 462 g/mol. The second kappa shape index (κ2) is 8.16. The number of carbonyl (C=O) groups is 3. The maximum absolute atomic E-state index is 13.8. The van der Waals surface area contributed by atoms with Gasteiger partial charge in [-0.1, -0.05) is 0 Å². The monoisotopic (exact) mass is 501 g/mol. The average molecular weight is 502 g/mol. The summed E-state index contributed by atoms with van der Waals surface area (Å²) in [5, 5.41) is 0. The van der Waals surface area contributed by atoms with Crippen LogP contribution in [0.1, 0.15) is 58.8 Å². The van der Waals surface area contributed by atoms with Crippen LogP contribution in [-0.2, 0) is 33.3 Å². The van der Waals surface area contributed by atoms with Crippen LogP contribution in [0.4, 0.5) is 0 Å². The van der Waals surface area contributed by atoms with Crippen LogP contribution in [0.2, 0.25) is 0 Å². The second-order valence-electron chi connectivity index (χ2n) is 13.5. The van der Waals surface area contributed by atoms with Gasteiger partial charge in [-0.3, -0.25) is 19.3 Å². The topological polar surface area (TPSA) is 91.4 Å². The fourth-order valence-corrected chi connectivity index (χ4v) is 9.88. The SMILES string of the molecule is CC(C)(OC(=O)C1C2CC3C(OC(=O)C31)C2OC(=O)CN1CCOCC1)C12CC3CC(CC(C3)C1)C2. The summed E-state index contributed by atoms with van der Waals surface area (Å²) in [5.41, 5.74) is -0.538. The van der Waals surface area contributed by atoms with Crippen LogP contribution in [0.25, 0.3) is 0 Å². The summed E-state index contributed by atoms with van der Waals surface area (Å²) >= 11 is 0. The Hall–Kier alpha value is -1.67. The Morgan fingerprint density at radius 1 is 1.00 bits per heavy atom. The Balaban J connectivity index is 1.07. The summed E-state index contributed by atoms with van der Waals surface area (Å²) in [5.74, 6) is 0.00861. The minimum absolute atomic E-state index is 0.0395. The van der Waals surface area contributed by atoms with Gasteiger partial charge in [0, 0.05) is 30.3 Å². The van der Waals surface area contributed by atoms with E-state index in [0.717, 1.165) is 37.0 Å². The molecule has 0 radical (unpaired) electrons. The van der Waals surface area contributed by atoms with Crippen molar-refractivity contribution >= 4 is 17.9 Å². The zero-order valence-electron chi connectivity index (χ0n) is 21.5. The molecule has 198 valence electrons. The van der Waals surface area contributed by atoms with Crippen LogP contribution in [-0.4, -0.2) is 73.5 Å². The molecule has 2 aliphatic heterocycles. The Morgan fingerprint density at radius 3 is 2.28 bits per heavy atom. The molecule has 8 rings (SSSR count). The van der Waals surface area contributed by atoms with E-state index in [-0.39, 0.29) is 41.7 Å². The van der Waals surface area contributed by atoms with Gasteiger partial charge in [0.15, 0.2) is 0 Å². The van der Waals surface area contributed by atoms with Gasteiger partial charge in [0.05, 0.1) is 31.6 Å². The van der Waals surface area contributed by atoms with E-state index in [1.165, 1.54) is 19.3 Å². The van der Waals surface area contributed by atoms with Crippen molar-refractivity contribution in [3.63, 3.8) is 0 Å². The van der Waals surface area contributed by atoms with Gasteiger partial charge in [0.25, 0.3) is 0 Å². The maximum Gasteiger partial charge on any atom is 0.320 e. The Morgan fingerprint density at radius 2 is 1.64 bits per heavy atom. The van der Waals surface area contributed by atoms with E-state index in [0.29, 0.717) is 32.7 Å². The number of rotatable bonds is 6. The van der Waals surface area contributed by atoms with Crippen molar-refractivity contribution in [3.05, 3.63) is 0 Å². The highest BCUT2D eigenvalue weighted by molar-refractivity contribution is 5.86. The molecule has 0 aromatic heterocycles. The molecule has 0 N–H and O–H groups in total. The van der Waals surface area contributed by atoms with Crippen molar-refractivity contribution in [2.24, 2.45) is 46.8 Å². The number of fused-ring (bicyclic) bond motifs is 1. The fraction of sp³-hybridized carbons (Fsp3) is 0.893. The quantitative estimate of drug-likeness (QED) is 0.405. The lowest BCUT2D eigenvalue weighted by molar-refractivity contribution is -0.206. The molecule has 8 fully saturated rings. The first kappa shape index (κ1) is 23.4. The van der Waals surface area contributed by atoms with E-state index < -0.39 is 29.6 Å². The van der Waals surface area contributed by atoms with Crippen molar-refractivity contribution in [1.82, 2.24) is 4.90 Å². The standard InChI is InChI=1S/C28H39NO7/c1-27(2,28-11-15-7-16(12-28)9-17(8-15)13-28)36-26(32)22-19-10-18-21(22)25(31)35-24(18)23(19)34-20(30)14-29-3-5-33-6-4-29/h15-19,21-24H,3-14H2,1-2H3. The first-order valence-electron chi connectivity index (χ1n) is 14.2. The summed E-state index contributed by atoms with van der Waals surface area (Å²) in [6.07, 6.45) is 7.12. The van der Waals surface area contributed by atoms with Gasteiger partial charge in [-0.2, -0.15) is 0 Å². The highest BCUT2D eigenvalue weighted by atomic mass is 16.6. The van der Waals surface area contributed by atoms with Crippen molar-refractivity contribution in [1.29, 1.82) is 0 Å². The van der Waals surface area contributed by atoms with E-state index in [9.17, 15) is 14.4 Å². The first-order valence-corrected chi connectivity index (χ1v) is 14.2. The molecule has 6 unspecified atom stereocenters. The largest absolute Gasteiger partial charge is 0.459 e. The number of morpholine rings is 1. The number of ether oxygens (including phenoxy) is 4. The highest BCUT2D eigenvalue weighted by Crippen LogP contribution is 2.65. The van der Waals surface area contributed by atoms with Gasteiger partial charge in [-0.05, 0) is 76.5 Å². The molecule has 36 heavy (non-hydrogen) atoms. The third-order valence-electron chi connectivity index (χ3n) is 11.2. The molecule has 0 spiro atoms. The number of hydrogen-bond acceptors (Lipinski definition) is 8. The van der Waals surface area contributed by atoms with E-state index in [1.54, 1.807) is 0 Å². The van der Waals surface area contributed by atoms with E-state index >= 15 is 0 Å². The molecule has 0 aromatic carbocycles. The van der Waals surface area contributed by atoms with Crippen molar-refractivity contribution in [2.75, 3.05) is 32.8 Å². The number of hydrogen-bond donors (Lipinski definition) is 0. The Bertz CT molecular complexity index is 920. The van der Waals surface area contributed by atoms with Gasteiger partial charge < -0.3 is 18.9 Å². The maximum atomic E-state index is 13.8. The highest BCUT2D eigenvalue weighted by Gasteiger charge is 2.71. The van der Waals surface area contributed by atoms with Crippen LogP contribution < -0.4 is 0 Å². The van der Waals surface area contributed by atoms with Crippen LogP contribution in [0.5, 0.6) is 0 Å². The summed E-state index contributed by atoms with van der Waals surface area (Å²) in [6.45, 7) is 6.99. The molecule has 0 amide bonds. The molecule has 8 aliphatic rings. The lowest BCUT2D eigenvalue weighted by atomic mass is 9.46. The third-order valence-corrected chi connectivity index (χ3v) is 11.2. The van der Waals surface area contributed by atoms with Gasteiger partial charge in [0.1, 0.15) is 17.8 Å². The van der Waals surface area contributed by atoms with E-state index in [2.05, 4.69) is 13.8 Å². The van der Waals surface area contributed by atoms with Crippen molar-refractivity contribution in [3.8, 4) is 0 Å². The van der Waals surface area contributed by atoms with Crippen molar-refractivity contribution in [2.45, 2.75) is 76.6 Å². The molecule has 8 heteroatoms. The lowest BCUT2D eigenvalue weighted by Crippen LogP contribution is -2.58. The lowest BCUT2D eigenvalue weighted by Gasteiger charge is -2.61. The molecule has 2 heterocycles. The van der Waals surface area contributed by atoms with Gasteiger partial charge in [-0.25, -0.2) is 0 Å². The third kappa shape index (κ3) is 3.49. The number of nitrogens with zero attached hydrogens (tertiary/aromatic N) is 1. The summed E-state index contributed by atoms with van der Waals surface area (Å²) < 4.78 is 23.4. The summed E-state index contributed by atoms with van der Waals surface area (Å²) in [4.78, 5) is 41.5. The molecule has 0 aromatic rings. The smallest absolute Gasteiger partial charge is 0.320 e. The molecule has 6 atom stereocenters. The van der Waals surface area contributed by atoms with Crippen LogP contribution >= 0.6 is 0 Å². The average Bonchev–Trinajstić information content (AvgIpc) is 3.42. The predicted octanol–water partition coefficient (Wildman–Crippen LogP) is 2.58. The fourth-order valence-electron chi connectivity index (χ4n) is 9.88. The first-order chi connectivity index (χ1) is 17.2. The van der Waals surface area contributed by atoms with Crippen LogP contribution in [0, 0.1) is 46.8 Å². The second-order valence-corrected chi connectivity index (χ2v) is 13.5. The number of carbonyl (C=O) groups excluding carboxylic acids is 3. The molecule has 6 aliphatic carbocycles. The minimum atomic E-state index is -0.587. The molecular formula is C28H39NO7. The minimum Gasteiger partial charge on any atom is -0.459 e. The van der Waals surface area contributed by atoms with Crippen molar-refractivity contribution < 1.29 is 33.3 Å².